The quantitative estimate of drug-likeness (QED) is 0.816. The zero-order valence-corrected chi connectivity index (χ0v) is 12.5. The van der Waals surface area contributed by atoms with Gasteiger partial charge in [0, 0.05) is 19.6 Å². The molecule has 2 rings (SSSR count). The molecule has 0 saturated carbocycles. The van der Waals surface area contributed by atoms with E-state index in [0.717, 1.165) is 25.0 Å². The van der Waals surface area contributed by atoms with Crippen LogP contribution in [-0.2, 0) is 20.7 Å². The third-order valence-electron chi connectivity index (χ3n) is 3.83. The summed E-state index contributed by atoms with van der Waals surface area (Å²) in [5.74, 6) is -0.663. The van der Waals surface area contributed by atoms with E-state index in [4.69, 9.17) is 9.47 Å². The number of halogens is 1. The summed E-state index contributed by atoms with van der Waals surface area (Å²) in [5.41, 5.74) is -0.142. The summed E-state index contributed by atoms with van der Waals surface area (Å²) in [6.07, 6.45) is 2.53. The predicted octanol–water partition coefficient (Wildman–Crippen LogP) is 2.07. The maximum Gasteiger partial charge on any atom is 0.326 e. The molecule has 0 spiro atoms. The van der Waals surface area contributed by atoms with Gasteiger partial charge in [-0.2, -0.15) is 0 Å². The van der Waals surface area contributed by atoms with Crippen LogP contribution in [-0.4, -0.2) is 37.9 Å². The molecular weight excluding hydrogens is 273 g/mol. The highest BCUT2D eigenvalue weighted by molar-refractivity contribution is 5.80. The summed E-state index contributed by atoms with van der Waals surface area (Å²) in [4.78, 5) is 12.1. The van der Waals surface area contributed by atoms with Crippen molar-refractivity contribution in [2.75, 3.05) is 20.3 Å². The van der Waals surface area contributed by atoms with Crippen LogP contribution in [0, 0.1) is 5.82 Å². The van der Waals surface area contributed by atoms with E-state index in [1.807, 2.05) is 0 Å². The Labute approximate surface area is 124 Å². The summed E-state index contributed by atoms with van der Waals surface area (Å²) in [6, 6.07) is 6.27. The minimum Gasteiger partial charge on any atom is -0.468 e. The molecule has 1 aromatic rings. The van der Waals surface area contributed by atoms with Gasteiger partial charge < -0.3 is 9.47 Å². The van der Waals surface area contributed by atoms with Crippen LogP contribution in [0.2, 0.25) is 0 Å². The van der Waals surface area contributed by atoms with Gasteiger partial charge in [0.1, 0.15) is 11.4 Å². The fourth-order valence-electron chi connectivity index (χ4n) is 2.63. The van der Waals surface area contributed by atoms with E-state index >= 15 is 0 Å². The van der Waals surface area contributed by atoms with Gasteiger partial charge in [-0.15, -0.1) is 0 Å². The molecule has 1 fully saturated rings. The summed E-state index contributed by atoms with van der Waals surface area (Å²) in [6.45, 7) is 3.13. The van der Waals surface area contributed by atoms with Crippen molar-refractivity contribution in [3.63, 3.8) is 0 Å². The van der Waals surface area contributed by atoms with Gasteiger partial charge in [-0.1, -0.05) is 12.1 Å². The van der Waals surface area contributed by atoms with E-state index in [1.54, 1.807) is 19.1 Å². The van der Waals surface area contributed by atoms with Crippen molar-refractivity contribution < 1.29 is 18.7 Å². The van der Waals surface area contributed by atoms with Gasteiger partial charge in [0.05, 0.1) is 13.2 Å². The first kappa shape index (κ1) is 15.9. The Morgan fingerprint density at radius 2 is 2.38 bits per heavy atom. The molecule has 2 atom stereocenters. The second-order valence-corrected chi connectivity index (χ2v) is 5.65. The highest BCUT2D eigenvalue weighted by Crippen LogP contribution is 2.18. The molecule has 2 unspecified atom stereocenters. The van der Waals surface area contributed by atoms with E-state index < -0.39 is 5.54 Å². The fraction of sp³-hybridized carbons (Fsp3) is 0.562. The Hall–Kier alpha value is -1.46. The molecule has 1 aliphatic rings. The molecule has 0 bridgehead atoms. The van der Waals surface area contributed by atoms with Gasteiger partial charge >= 0.3 is 5.97 Å². The maximum absolute atomic E-state index is 13.3. The monoisotopic (exact) mass is 295 g/mol. The maximum atomic E-state index is 13.3. The lowest BCUT2D eigenvalue weighted by Gasteiger charge is -2.29. The normalized spacial score (nSPS) is 21.0. The van der Waals surface area contributed by atoms with Crippen LogP contribution in [0.4, 0.5) is 4.39 Å². The van der Waals surface area contributed by atoms with Crippen LogP contribution in [0.1, 0.15) is 25.3 Å². The van der Waals surface area contributed by atoms with Gasteiger partial charge in [0.15, 0.2) is 0 Å². The summed E-state index contributed by atoms with van der Waals surface area (Å²) >= 11 is 0. The number of hydrogen-bond acceptors (Lipinski definition) is 4. The number of ether oxygens (including phenoxy) is 2. The summed E-state index contributed by atoms with van der Waals surface area (Å²) in [5, 5.41) is 3.23. The highest BCUT2D eigenvalue weighted by atomic mass is 19.1. The molecule has 21 heavy (non-hydrogen) atoms. The molecule has 1 saturated heterocycles. The zero-order chi connectivity index (χ0) is 15.3. The lowest BCUT2D eigenvalue weighted by molar-refractivity contribution is -0.148. The van der Waals surface area contributed by atoms with E-state index in [1.165, 1.54) is 19.2 Å². The first-order valence-corrected chi connectivity index (χ1v) is 7.23. The van der Waals surface area contributed by atoms with Gasteiger partial charge in [-0.05, 0) is 37.5 Å². The molecule has 0 aliphatic carbocycles. The largest absolute Gasteiger partial charge is 0.468 e. The third-order valence-corrected chi connectivity index (χ3v) is 3.83. The number of nitrogens with one attached hydrogen (secondary N) is 1. The second kappa shape index (κ2) is 7.00. The predicted molar refractivity (Wildman–Crippen MR) is 77.5 cm³/mol. The minimum atomic E-state index is -0.894. The van der Waals surface area contributed by atoms with Crippen molar-refractivity contribution >= 4 is 5.97 Å². The van der Waals surface area contributed by atoms with E-state index in [-0.39, 0.29) is 17.9 Å². The minimum absolute atomic E-state index is 0.126. The smallest absolute Gasteiger partial charge is 0.326 e. The molecule has 116 valence electrons. The Bertz CT molecular complexity index is 488. The molecule has 1 aromatic carbocycles. The highest BCUT2D eigenvalue weighted by Gasteiger charge is 2.35. The van der Waals surface area contributed by atoms with Crippen LogP contribution in [0.3, 0.4) is 0 Å². The van der Waals surface area contributed by atoms with Crippen LogP contribution in [0.15, 0.2) is 24.3 Å². The summed E-state index contributed by atoms with van der Waals surface area (Å²) in [7, 11) is 1.36. The molecule has 0 aromatic heterocycles. The molecule has 0 radical (unpaired) electrons. The number of carbonyl (C=O) groups excluding carboxylic acids is 1. The van der Waals surface area contributed by atoms with Crippen molar-refractivity contribution in [2.45, 2.75) is 37.8 Å². The van der Waals surface area contributed by atoms with Crippen LogP contribution in [0.5, 0.6) is 0 Å². The van der Waals surface area contributed by atoms with Crippen molar-refractivity contribution in [3.8, 4) is 0 Å². The van der Waals surface area contributed by atoms with Gasteiger partial charge in [-0.25, -0.2) is 4.39 Å². The Morgan fingerprint density at radius 1 is 1.57 bits per heavy atom. The number of esters is 1. The lowest BCUT2D eigenvalue weighted by Crippen LogP contribution is -2.54. The number of benzene rings is 1. The fourth-order valence-corrected chi connectivity index (χ4v) is 2.63. The number of hydrogen-bond donors (Lipinski definition) is 1. The Kier molecular flexibility index (Phi) is 5.31. The van der Waals surface area contributed by atoms with E-state index in [2.05, 4.69) is 5.32 Å². The molecule has 0 amide bonds. The molecule has 1 N–H and O–H groups in total. The van der Waals surface area contributed by atoms with E-state index in [9.17, 15) is 9.18 Å². The average molecular weight is 295 g/mol. The molecule has 5 heteroatoms. The first-order chi connectivity index (χ1) is 10.0. The average Bonchev–Trinajstić information content (AvgIpc) is 2.97. The lowest BCUT2D eigenvalue weighted by atomic mass is 9.92. The van der Waals surface area contributed by atoms with Crippen molar-refractivity contribution in [1.29, 1.82) is 0 Å². The standard InChI is InChI=1S/C16H22FNO3/c1-16(15(19)20-2,18-11-14-7-4-8-21-14)10-12-5-3-6-13(17)9-12/h3,5-6,9,14,18H,4,7-8,10-11H2,1-2H3. The van der Waals surface area contributed by atoms with E-state index in [0.29, 0.717) is 13.0 Å². The molecule has 1 heterocycles. The molecule has 1 aliphatic heterocycles. The first-order valence-electron chi connectivity index (χ1n) is 7.23. The van der Waals surface area contributed by atoms with Crippen LogP contribution >= 0.6 is 0 Å². The number of methoxy groups -OCH3 is 1. The second-order valence-electron chi connectivity index (χ2n) is 5.65. The zero-order valence-electron chi connectivity index (χ0n) is 12.5. The number of rotatable bonds is 6. The van der Waals surface area contributed by atoms with Crippen molar-refractivity contribution in [1.82, 2.24) is 5.32 Å². The van der Waals surface area contributed by atoms with Gasteiger partial charge in [-0.3, -0.25) is 10.1 Å². The van der Waals surface area contributed by atoms with Crippen molar-refractivity contribution in [2.24, 2.45) is 0 Å². The number of carbonyl (C=O) groups is 1. The van der Waals surface area contributed by atoms with Crippen molar-refractivity contribution in [3.05, 3.63) is 35.6 Å². The third kappa shape index (κ3) is 4.25. The summed E-state index contributed by atoms with van der Waals surface area (Å²) < 4.78 is 23.8. The molecular formula is C16H22FNO3. The molecule has 4 nitrogen and oxygen atoms in total. The topological polar surface area (TPSA) is 47.6 Å². The van der Waals surface area contributed by atoms with Crippen LogP contribution < -0.4 is 5.32 Å². The SMILES string of the molecule is COC(=O)C(C)(Cc1cccc(F)c1)NCC1CCCO1. The van der Waals surface area contributed by atoms with Gasteiger partial charge in [0.25, 0.3) is 0 Å². The Morgan fingerprint density at radius 3 is 3.00 bits per heavy atom. The van der Waals surface area contributed by atoms with Crippen LogP contribution in [0.25, 0.3) is 0 Å². The Balaban J connectivity index is 2.06. The van der Waals surface area contributed by atoms with Gasteiger partial charge in [0.2, 0.25) is 0 Å².